The zero-order chi connectivity index (χ0) is 10.5. The molecule has 0 aliphatic carbocycles. The topological polar surface area (TPSA) is 17.0 Å². The second kappa shape index (κ2) is 5.14. The van der Waals surface area contributed by atoms with Crippen LogP contribution in [0.25, 0.3) is 0 Å². The van der Waals surface area contributed by atoms with Gasteiger partial charge in [0, 0.05) is 23.8 Å². The fourth-order valence-corrected chi connectivity index (χ4v) is 2.26. The van der Waals surface area contributed by atoms with Crippen LogP contribution in [0, 0.1) is 0 Å². The molecule has 80 valence electrons. The number of thiophene rings is 1. The molecule has 2 heterocycles. The van der Waals surface area contributed by atoms with Gasteiger partial charge in [0.15, 0.2) is 0 Å². The zero-order valence-electron chi connectivity index (χ0n) is 8.94. The summed E-state index contributed by atoms with van der Waals surface area (Å²) in [7, 11) is 0. The summed E-state index contributed by atoms with van der Waals surface area (Å²) >= 11 is 1.81. The quantitative estimate of drug-likeness (QED) is 0.820. The van der Waals surface area contributed by atoms with E-state index < -0.39 is 0 Å². The third kappa shape index (κ3) is 2.94. The molecule has 0 aliphatic heterocycles. The SMILES string of the molecule is CCNCc1ccn(Cc2cccs2)c1. The average molecular weight is 220 g/mol. The first kappa shape index (κ1) is 10.5. The molecule has 0 amide bonds. The Morgan fingerprint density at radius 2 is 2.33 bits per heavy atom. The van der Waals surface area contributed by atoms with E-state index in [4.69, 9.17) is 0 Å². The van der Waals surface area contributed by atoms with E-state index in [1.807, 2.05) is 11.3 Å². The van der Waals surface area contributed by atoms with Gasteiger partial charge in [-0.3, -0.25) is 0 Å². The van der Waals surface area contributed by atoms with Crippen molar-refractivity contribution in [1.29, 1.82) is 0 Å². The van der Waals surface area contributed by atoms with Gasteiger partial charge in [-0.2, -0.15) is 0 Å². The molecule has 0 saturated carbocycles. The summed E-state index contributed by atoms with van der Waals surface area (Å²) in [4.78, 5) is 1.40. The van der Waals surface area contributed by atoms with Crippen molar-refractivity contribution in [3.63, 3.8) is 0 Å². The Hall–Kier alpha value is -1.06. The summed E-state index contributed by atoms with van der Waals surface area (Å²) in [5.74, 6) is 0. The molecule has 0 aliphatic rings. The molecule has 0 saturated heterocycles. The summed E-state index contributed by atoms with van der Waals surface area (Å²) in [6.07, 6.45) is 4.36. The van der Waals surface area contributed by atoms with Gasteiger partial charge in [0.25, 0.3) is 0 Å². The summed E-state index contributed by atoms with van der Waals surface area (Å²) < 4.78 is 2.23. The zero-order valence-corrected chi connectivity index (χ0v) is 9.76. The molecule has 2 nitrogen and oxygen atoms in total. The fourth-order valence-electron chi connectivity index (χ4n) is 1.55. The lowest BCUT2D eigenvalue weighted by atomic mass is 10.3. The van der Waals surface area contributed by atoms with Gasteiger partial charge in [-0.15, -0.1) is 11.3 Å². The standard InChI is InChI=1S/C12H16N2S/c1-2-13-8-11-5-6-14(9-11)10-12-4-3-7-15-12/h3-7,9,13H,2,8,10H2,1H3. The highest BCUT2D eigenvalue weighted by Crippen LogP contribution is 2.11. The van der Waals surface area contributed by atoms with E-state index in [2.05, 4.69) is 52.8 Å². The molecule has 3 heteroatoms. The Labute approximate surface area is 94.6 Å². The molecule has 2 aromatic rings. The van der Waals surface area contributed by atoms with Gasteiger partial charge in [-0.25, -0.2) is 0 Å². The lowest BCUT2D eigenvalue weighted by Gasteiger charge is -2.00. The van der Waals surface area contributed by atoms with Gasteiger partial charge in [-0.1, -0.05) is 13.0 Å². The van der Waals surface area contributed by atoms with Crippen molar-refractivity contribution in [2.24, 2.45) is 0 Å². The molecule has 0 bridgehead atoms. The minimum atomic E-state index is 0.966. The highest BCUT2D eigenvalue weighted by atomic mass is 32.1. The van der Waals surface area contributed by atoms with Gasteiger partial charge in [0.1, 0.15) is 0 Å². The second-order valence-corrected chi connectivity index (χ2v) is 4.58. The summed E-state index contributed by atoms with van der Waals surface area (Å²) in [5, 5.41) is 5.45. The van der Waals surface area contributed by atoms with E-state index in [0.29, 0.717) is 0 Å². The van der Waals surface area contributed by atoms with Crippen molar-refractivity contribution in [2.75, 3.05) is 6.54 Å². The largest absolute Gasteiger partial charge is 0.349 e. The van der Waals surface area contributed by atoms with Gasteiger partial charge < -0.3 is 9.88 Å². The predicted octanol–water partition coefficient (Wildman–Crippen LogP) is 2.71. The Bertz CT molecular complexity index is 389. The molecule has 0 fully saturated rings. The Morgan fingerprint density at radius 3 is 3.07 bits per heavy atom. The molecule has 15 heavy (non-hydrogen) atoms. The van der Waals surface area contributed by atoms with Crippen LogP contribution < -0.4 is 5.32 Å². The van der Waals surface area contributed by atoms with Crippen molar-refractivity contribution in [3.05, 3.63) is 46.4 Å². The van der Waals surface area contributed by atoms with E-state index in [9.17, 15) is 0 Å². The monoisotopic (exact) mass is 220 g/mol. The van der Waals surface area contributed by atoms with Gasteiger partial charge in [0.05, 0.1) is 6.54 Å². The molecule has 0 radical (unpaired) electrons. The fraction of sp³-hybridized carbons (Fsp3) is 0.333. The van der Waals surface area contributed by atoms with Crippen LogP contribution in [0.3, 0.4) is 0 Å². The van der Waals surface area contributed by atoms with Gasteiger partial charge in [-0.05, 0) is 29.6 Å². The molecule has 1 N–H and O–H groups in total. The van der Waals surface area contributed by atoms with Crippen molar-refractivity contribution in [1.82, 2.24) is 9.88 Å². The number of nitrogens with one attached hydrogen (secondary N) is 1. The molecule has 0 atom stereocenters. The third-order valence-electron chi connectivity index (χ3n) is 2.31. The van der Waals surface area contributed by atoms with Crippen LogP contribution in [0.15, 0.2) is 36.0 Å². The smallest absolute Gasteiger partial charge is 0.0563 e. The number of aromatic nitrogens is 1. The lowest BCUT2D eigenvalue weighted by molar-refractivity contribution is 0.722. The minimum absolute atomic E-state index is 0.966. The molecule has 2 aromatic heterocycles. The van der Waals surface area contributed by atoms with Crippen LogP contribution in [-0.2, 0) is 13.1 Å². The third-order valence-corrected chi connectivity index (χ3v) is 3.17. The van der Waals surface area contributed by atoms with Crippen LogP contribution >= 0.6 is 11.3 Å². The van der Waals surface area contributed by atoms with Crippen LogP contribution in [0.5, 0.6) is 0 Å². The molecule has 0 spiro atoms. The molecule has 0 unspecified atom stereocenters. The minimum Gasteiger partial charge on any atom is -0.349 e. The lowest BCUT2D eigenvalue weighted by Crippen LogP contribution is -2.11. The summed E-state index contributed by atoms with van der Waals surface area (Å²) in [6, 6.07) is 6.45. The molecular formula is C12H16N2S. The average Bonchev–Trinajstić information content (AvgIpc) is 2.87. The maximum atomic E-state index is 3.33. The van der Waals surface area contributed by atoms with Crippen molar-refractivity contribution < 1.29 is 0 Å². The Balaban J connectivity index is 1.95. The van der Waals surface area contributed by atoms with E-state index in [1.54, 1.807) is 0 Å². The molecule has 2 rings (SSSR count). The highest BCUT2D eigenvalue weighted by Gasteiger charge is 1.98. The van der Waals surface area contributed by atoms with Crippen LogP contribution in [0.4, 0.5) is 0 Å². The number of rotatable bonds is 5. The van der Waals surface area contributed by atoms with E-state index in [0.717, 1.165) is 19.6 Å². The van der Waals surface area contributed by atoms with Gasteiger partial charge >= 0.3 is 0 Å². The van der Waals surface area contributed by atoms with Crippen LogP contribution in [0.1, 0.15) is 17.4 Å². The highest BCUT2D eigenvalue weighted by molar-refractivity contribution is 7.09. The van der Waals surface area contributed by atoms with E-state index in [-0.39, 0.29) is 0 Å². The first-order valence-electron chi connectivity index (χ1n) is 5.26. The normalized spacial score (nSPS) is 10.7. The van der Waals surface area contributed by atoms with E-state index >= 15 is 0 Å². The summed E-state index contributed by atoms with van der Waals surface area (Å²) in [5.41, 5.74) is 1.36. The van der Waals surface area contributed by atoms with Crippen molar-refractivity contribution in [2.45, 2.75) is 20.0 Å². The van der Waals surface area contributed by atoms with Gasteiger partial charge in [0.2, 0.25) is 0 Å². The molecule has 0 aromatic carbocycles. The van der Waals surface area contributed by atoms with Crippen molar-refractivity contribution in [3.8, 4) is 0 Å². The number of nitrogens with zero attached hydrogens (tertiary/aromatic N) is 1. The number of hydrogen-bond acceptors (Lipinski definition) is 2. The maximum absolute atomic E-state index is 3.33. The van der Waals surface area contributed by atoms with Crippen LogP contribution in [-0.4, -0.2) is 11.1 Å². The van der Waals surface area contributed by atoms with E-state index in [1.165, 1.54) is 10.4 Å². The first-order valence-corrected chi connectivity index (χ1v) is 6.14. The number of hydrogen-bond donors (Lipinski definition) is 1. The first-order chi connectivity index (χ1) is 7.38. The van der Waals surface area contributed by atoms with Crippen molar-refractivity contribution >= 4 is 11.3 Å². The second-order valence-electron chi connectivity index (χ2n) is 3.55. The Morgan fingerprint density at radius 1 is 1.40 bits per heavy atom. The Kier molecular flexibility index (Phi) is 3.59. The predicted molar refractivity (Wildman–Crippen MR) is 65.2 cm³/mol. The maximum Gasteiger partial charge on any atom is 0.0563 e. The molecular weight excluding hydrogens is 204 g/mol. The summed E-state index contributed by atoms with van der Waals surface area (Å²) in [6.45, 7) is 5.11. The van der Waals surface area contributed by atoms with Crippen LogP contribution in [0.2, 0.25) is 0 Å².